The third-order valence-electron chi connectivity index (χ3n) is 5.77. The van der Waals surface area contributed by atoms with E-state index in [0.717, 1.165) is 15.6 Å². The Kier molecular flexibility index (Phi) is 7.74. The molecule has 1 aromatic heterocycles. The average Bonchev–Trinajstić information content (AvgIpc) is 3.19. The minimum absolute atomic E-state index is 0.0900. The van der Waals surface area contributed by atoms with Gasteiger partial charge in [-0.2, -0.15) is 4.31 Å². The molecule has 0 N–H and O–H groups in total. The van der Waals surface area contributed by atoms with Crippen molar-refractivity contribution >= 4 is 42.9 Å². The normalized spacial score (nSPS) is 11.8. The maximum Gasteiger partial charge on any atom is 0.374 e. The lowest BCUT2D eigenvalue weighted by atomic mass is 10.1. The van der Waals surface area contributed by atoms with Gasteiger partial charge in [0, 0.05) is 28.5 Å². The number of sulfonamides is 1. The number of furan rings is 1. The first-order chi connectivity index (χ1) is 16.8. The van der Waals surface area contributed by atoms with Crippen molar-refractivity contribution in [3.05, 3.63) is 99.7 Å². The number of fused-ring (bicyclic) bond motifs is 1. The van der Waals surface area contributed by atoms with Gasteiger partial charge in [-0.1, -0.05) is 58.4 Å². The van der Waals surface area contributed by atoms with Gasteiger partial charge in [0.2, 0.25) is 15.8 Å². The van der Waals surface area contributed by atoms with E-state index in [4.69, 9.17) is 9.15 Å². The maximum atomic E-state index is 13.8. The standard InChI is InChI=1S/C27H26BrNO5S/c1-3-33-27(30)26-19(2)24-17-23(13-14-25(24)34-26)35(31,32)29(16-15-20-7-5-4-6-8-20)18-21-9-11-22(28)12-10-21/h4-14,17H,3,15-16,18H2,1-2H3. The zero-order chi connectivity index (χ0) is 25.0. The van der Waals surface area contributed by atoms with Crippen molar-refractivity contribution in [2.45, 2.75) is 31.7 Å². The summed E-state index contributed by atoms with van der Waals surface area (Å²) in [7, 11) is -3.85. The van der Waals surface area contributed by atoms with Gasteiger partial charge in [0.15, 0.2) is 0 Å². The Morgan fingerprint density at radius 3 is 2.40 bits per heavy atom. The molecule has 8 heteroatoms. The number of nitrogens with zero attached hydrogens (tertiary/aromatic N) is 1. The summed E-state index contributed by atoms with van der Waals surface area (Å²) in [5.41, 5.74) is 2.94. The number of carbonyl (C=O) groups is 1. The van der Waals surface area contributed by atoms with Crippen LogP contribution in [0.2, 0.25) is 0 Å². The van der Waals surface area contributed by atoms with E-state index in [0.29, 0.717) is 29.5 Å². The summed E-state index contributed by atoms with van der Waals surface area (Å²) in [4.78, 5) is 12.4. The molecular formula is C27H26BrNO5S. The number of aryl methyl sites for hydroxylation is 1. The Hall–Kier alpha value is -2.94. The van der Waals surface area contributed by atoms with Gasteiger partial charge in [0.05, 0.1) is 11.5 Å². The number of hydrogen-bond donors (Lipinski definition) is 0. The summed E-state index contributed by atoms with van der Waals surface area (Å²) in [6.07, 6.45) is 0.580. The minimum Gasteiger partial charge on any atom is -0.460 e. The number of halogens is 1. The van der Waals surface area contributed by atoms with Gasteiger partial charge in [0.25, 0.3) is 0 Å². The Labute approximate surface area is 213 Å². The van der Waals surface area contributed by atoms with Crippen LogP contribution in [0.1, 0.15) is 34.2 Å². The van der Waals surface area contributed by atoms with Crippen molar-refractivity contribution in [1.29, 1.82) is 0 Å². The van der Waals surface area contributed by atoms with Crippen LogP contribution in [-0.4, -0.2) is 31.8 Å². The first kappa shape index (κ1) is 25.2. The zero-order valence-corrected chi connectivity index (χ0v) is 21.9. The van der Waals surface area contributed by atoms with Crippen LogP contribution in [0.4, 0.5) is 0 Å². The first-order valence-electron chi connectivity index (χ1n) is 11.3. The van der Waals surface area contributed by atoms with Gasteiger partial charge in [0.1, 0.15) is 5.58 Å². The number of ether oxygens (including phenoxy) is 1. The monoisotopic (exact) mass is 555 g/mol. The predicted molar refractivity (Wildman–Crippen MR) is 139 cm³/mol. The quantitative estimate of drug-likeness (QED) is 0.233. The summed E-state index contributed by atoms with van der Waals surface area (Å²) >= 11 is 3.43. The Morgan fingerprint density at radius 1 is 1.00 bits per heavy atom. The van der Waals surface area contributed by atoms with Crippen molar-refractivity contribution in [3.8, 4) is 0 Å². The van der Waals surface area contributed by atoms with Crippen LogP contribution in [0.15, 0.2) is 86.6 Å². The molecule has 0 radical (unpaired) electrons. The van der Waals surface area contributed by atoms with Gasteiger partial charge < -0.3 is 9.15 Å². The summed E-state index contributed by atoms with van der Waals surface area (Å²) in [5, 5.41) is 0.570. The molecule has 0 atom stereocenters. The largest absolute Gasteiger partial charge is 0.460 e. The predicted octanol–water partition coefficient (Wildman–Crippen LogP) is 6.11. The molecule has 182 valence electrons. The maximum absolute atomic E-state index is 13.8. The molecular weight excluding hydrogens is 530 g/mol. The molecule has 0 aliphatic heterocycles. The summed E-state index contributed by atoms with van der Waals surface area (Å²) in [5.74, 6) is -0.475. The topological polar surface area (TPSA) is 76.8 Å². The van der Waals surface area contributed by atoms with Crippen LogP contribution in [0.3, 0.4) is 0 Å². The number of carbonyl (C=O) groups excluding carboxylic acids is 1. The molecule has 0 fully saturated rings. The Morgan fingerprint density at radius 2 is 1.71 bits per heavy atom. The minimum atomic E-state index is -3.85. The highest BCUT2D eigenvalue weighted by Crippen LogP contribution is 2.30. The van der Waals surface area contributed by atoms with E-state index in [2.05, 4.69) is 15.9 Å². The molecule has 3 aromatic carbocycles. The fraction of sp³-hybridized carbons (Fsp3) is 0.222. The van der Waals surface area contributed by atoms with Gasteiger partial charge in [-0.15, -0.1) is 0 Å². The van der Waals surface area contributed by atoms with Crippen molar-refractivity contribution in [2.75, 3.05) is 13.2 Å². The summed E-state index contributed by atoms with van der Waals surface area (Å²) in [6, 6.07) is 22.1. The highest BCUT2D eigenvalue weighted by Gasteiger charge is 2.27. The first-order valence-corrected chi connectivity index (χ1v) is 13.5. The van der Waals surface area contributed by atoms with Crippen molar-refractivity contribution in [2.24, 2.45) is 0 Å². The molecule has 0 saturated carbocycles. The van der Waals surface area contributed by atoms with Crippen LogP contribution in [0.5, 0.6) is 0 Å². The van der Waals surface area contributed by atoms with Crippen LogP contribution >= 0.6 is 15.9 Å². The van der Waals surface area contributed by atoms with Crippen LogP contribution in [0.25, 0.3) is 11.0 Å². The third-order valence-corrected chi connectivity index (χ3v) is 8.14. The molecule has 6 nitrogen and oxygen atoms in total. The fourth-order valence-corrected chi connectivity index (χ4v) is 5.60. The highest BCUT2D eigenvalue weighted by atomic mass is 79.9. The fourth-order valence-electron chi connectivity index (χ4n) is 3.88. The average molecular weight is 556 g/mol. The molecule has 0 aliphatic rings. The highest BCUT2D eigenvalue weighted by molar-refractivity contribution is 9.10. The molecule has 0 aliphatic carbocycles. The summed E-state index contributed by atoms with van der Waals surface area (Å²) < 4.78 is 40.8. The smallest absolute Gasteiger partial charge is 0.374 e. The molecule has 0 spiro atoms. The zero-order valence-electron chi connectivity index (χ0n) is 19.5. The lowest BCUT2D eigenvalue weighted by Crippen LogP contribution is -2.32. The molecule has 4 rings (SSSR count). The van der Waals surface area contributed by atoms with E-state index in [1.165, 1.54) is 10.4 Å². The number of benzene rings is 3. The number of esters is 1. The van der Waals surface area contributed by atoms with Crippen molar-refractivity contribution in [1.82, 2.24) is 4.31 Å². The molecule has 1 heterocycles. The van der Waals surface area contributed by atoms with E-state index in [1.807, 2.05) is 54.6 Å². The van der Waals surface area contributed by atoms with E-state index in [-0.39, 0.29) is 23.8 Å². The van der Waals surface area contributed by atoms with Gasteiger partial charge in [-0.25, -0.2) is 13.2 Å². The Bertz CT molecular complexity index is 1430. The lowest BCUT2D eigenvalue weighted by Gasteiger charge is -2.23. The van der Waals surface area contributed by atoms with E-state index < -0.39 is 16.0 Å². The van der Waals surface area contributed by atoms with Crippen molar-refractivity contribution in [3.63, 3.8) is 0 Å². The third kappa shape index (κ3) is 5.66. The molecule has 0 amide bonds. The van der Waals surface area contributed by atoms with E-state index in [1.54, 1.807) is 26.0 Å². The lowest BCUT2D eigenvalue weighted by molar-refractivity contribution is 0.0491. The SMILES string of the molecule is CCOC(=O)c1oc2ccc(S(=O)(=O)N(CCc3ccccc3)Cc3ccc(Br)cc3)cc2c1C. The van der Waals surface area contributed by atoms with Gasteiger partial charge in [-0.05, 0) is 61.7 Å². The second-order valence-electron chi connectivity index (χ2n) is 8.14. The van der Waals surface area contributed by atoms with Crippen LogP contribution in [-0.2, 0) is 27.7 Å². The summed E-state index contributed by atoms with van der Waals surface area (Å²) in [6.45, 7) is 4.22. The Balaban J connectivity index is 1.69. The molecule has 35 heavy (non-hydrogen) atoms. The van der Waals surface area contributed by atoms with E-state index >= 15 is 0 Å². The van der Waals surface area contributed by atoms with Crippen LogP contribution in [0, 0.1) is 6.92 Å². The van der Waals surface area contributed by atoms with Gasteiger partial charge >= 0.3 is 5.97 Å². The molecule has 0 unspecified atom stereocenters. The van der Waals surface area contributed by atoms with Crippen molar-refractivity contribution < 1.29 is 22.4 Å². The second kappa shape index (κ2) is 10.8. The van der Waals surface area contributed by atoms with Gasteiger partial charge in [-0.3, -0.25) is 0 Å². The second-order valence-corrected chi connectivity index (χ2v) is 11.0. The number of hydrogen-bond acceptors (Lipinski definition) is 5. The number of rotatable bonds is 9. The molecule has 0 bridgehead atoms. The van der Waals surface area contributed by atoms with E-state index in [9.17, 15) is 13.2 Å². The molecule has 4 aromatic rings. The molecule has 0 saturated heterocycles. The van der Waals surface area contributed by atoms with Crippen LogP contribution < -0.4 is 0 Å².